The molecular formula is C20H25F2N3O2. The van der Waals surface area contributed by atoms with Gasteiger partial charge in [0, 0.05) is 31.4 Å². The highest BCUT2D eigenvalue weighted by Crippen LogP contribution is 2.28. The lowest BCUT2D eigenvalue weighted by atomic mass is 10.0. The van der Waals surface area contributed by atoms with Gasteiger partial charge in [-0.15, -0.1) is 0 Å². The van der Waals surface area contributed by atoms with Crippen LogP contribution < -0.4 is 20.3 Å². The van der Waals surface area contributed by atoms with Gasteiger partial charge in [0.05, 0.1) is 6.04 Å². The van der Waals surface area contributed by atoms with E-state index in [4.69, 9.17) is 0 Å². The lowest BCUT2D eigenvalue weighted by Crippen LogP contribution is -2.41. The second-order valence-corrected chi connectivity index (χ2v) is 6.03. The maximum atomic E-state index is 12.6. The topological polar surface area (TPSA) is 53.6 Å². The van der Waals surface area contributed by atoms with E-state index in [0.717, 1.165) is 5.69 Å². The van der Waals surface area contributed by atoms with Crippen LogP contribution in [0.2, 0.25) is 0 Å². The van der Waals surface area contributed by atoms with Crippen molar-refractivity contribution >= 4 is 11.7 Å². The summed E-state index contributed by atoms with van der Waals surface area (Å²) in [4.78, 5) is 14.2. The molecular weight excluding hydrogens is 352 g/mol. The summed E-state index contributed by atoms with van der Waals surface area (Å²) in [6, 6.07) is 15.6. The maximum Gasteiger partial charge on any atom is 0.387 e. The average Bonchev–Trinajstić information content (AvgIpc) is 2.67. The van der Waals surface area contributed by atoms with E-state index >= 15 is 0 Å². The third kappa shape index (κ3) is 6.44. The van der Waals surface area contributed by atoms with Gasteiger partial charge in [-0.2, -0.15) is 8.78 Å². The normalized spacial score (nSPS) is 11.7. The van der Waals surface area contributed by atoms with Crippen molar-refractivity contribution in [1.29, 1.82) is 0 Å². The Balaban J connectivity index is 1.88. The van der Waals surface area contributed by atoms with Crippen LogP contribution >= 0.6 is 0 Å². The number of urea groups is 1. The molecule has 2 rings (SSSR count). The molecule has 146 valence electrons. The second-order valence-electron chi connectivity index (χ2n) is 6.03. The molecule has 0 saturated carbocycles. The Morgan fingerprint density at radius 3 is 2.44 bits per heavy atom. The fourth-order valence-corrected chi connectivity index (χ4v) is 2.73. The molecule has 7 heteroatoms. The highest BCUT2D eigenvalue weighted by molar-refractivity contribution is 5.74. The van der Waals surface area contributed by atoms with E-state index in [0.29, 0.717) is 25.1 Å². The summed E-state index contributed by atoms with van der Waals surface area (Å²) in [6.45, 7) is 0.0427. The maximum absolute atomic E-state index is 12.6. The zero-order valence-electron chi connectivity index (χ0n) is 15.5. The first-order valence-electron chi connectivity index (χ1n) is 8.85. The van der Waals surface area contributed by atoms with Crippen molar-refractivity contribution in [3.63, 3.8) is 0 Å². The van der Waals surface area contributed by atoms with Gasteiger partial charge in [-0.1, -0.05) is 43.3 Å². The molecule has 0 bridgehead atoms. The van der Waals surface area contributed by atoms with Gasteiger partial charge in [-0.05, 0) is 24.6 Å². The van der Waals surface area contributed by atoms with E-state index in [9.17, 15) is 13.6 Å². The van der Waals surface area contributed by atoms with E-state index in [1.165, 1.54) is 6.07 Å². The minimum absolute atomic E-state index is 0.0726. The molecule has 1 unspecified atom stereocenters. The molecule has 2 aromatic rings. The lowest BCUT2D eigenvalue weighted by molar-refractivity contribution is -0.0506. The zero-order chi connectivity index (χ0) is 19.6. The first-order chi connectivity index (χ1) is 13.0. The Morgan fingerprint density at radius 2 is 1.78 bits per heavy atom. The smallest absolute Gasteiger partial charge is 0.387 e. The summed E-state index contributed by atoms with van der Waals surface area (Å²) < 4.78 is 29.7. The average molecular weight is 377 g/mol. The molecule has 1 atom stereocenters. The summed E-state index contributed by atoms with van der Waals surface area (Å²) in [5, 5.41) is 5.61. The van der Waals surface area contributed by atoms with Gasteiger partial charge in [0.1, 0.15) is 5.75 Å². The Morgan fingerprint density at radius 1 is 1.11 bits per heavy atom. The summed E-state index contributed by atoms with van der Waals surface area (Å²) in [5.41, 5.74) is 1.58. The molecule has 27 heavy (non-hydrogen) atoms. The number of hydrogen-bond donors (Lipinski definition) is 2. The molecule has 2 N–H and O–H groups in total. The Hall–Kier alpha value is -2.83. The number of halogens is 2. The minimum Gasteiger partial charge on any atom is -0.434 e. The zero-order valence-corrected chi connectivity index (χ0v) is 15.5. The molecule has 0 spiro atoms. The number of carbonyl (C=O) groups is 1. The van der Waals surface area contributed by atoms with Crippen LogP contribution in [-0.4, -0.2) is 32.8 Å². The van der Waals surface area contributed by atoms with E-state index < -0.39 is 12.7 Å². The Kier molecular flexibility index (Phi) is 7.85. The van der Waals surface area contributed by atoms with Crippen LogP contribution in [0.4, 0.5) is 19.3 Å². The van der Waals surface area contributed by atoms with Gasteiger partial charge in [0.15, 0.2) is 0 Å². The van der Waals surface area contributed by atoms with Crippen molar-refractivity contribution < 1.29 is 18.3 Å². The standard InChI is InChI=1S/C20H25F2N3O2/c1-3-17(16-11-7-8-12-18(16)27-19(21)22)24-20(26)23-13-14-25(2)15-9-5-4-6-10-15/h4-12,17,19H,3,13-14H2,1-2H3,(H2,23,24,26). The second kappa shape index (κ2) is 10.4. The molecule has 2 aromatic carbocycles. The number of anilines is 1. The lowest BCUT2D eigenvalue weighted by Gasteiger charge is -2.22. The van der Waals surface area contributed by atoms with Crippen LogP contribution in [0.5, 0.6) is 5.75 Å². The third-order valence-corrected chi connectivity index (χ3v) is 4.15. The van der Waals surface area contributed by atoms with Crippen LogP contribution in [0.15, 0.2) is 54.6 Å². The monoisotopic (exact) mass is 377 g/mol. The van der Waals surface area contributed by atoms with Crippen molar-refractivity contribution in [3.8, 4) is 5.75 Å². The first kappa shape index (κ1) is 20.5. The van der Waals surface area contributed by atoms with Crippen molar-refractivity contribution in [2.24, 2.45) is 0 Å². The predicted octanol–water partition coefficient (Wildman–Crippen LogP) is 4.17. The number of nitrogens with one attached hydrogen (secondary N) is 2. The molecule has 0 heterocycles. The number of alkyl halides is 2. The fourth-order valence-electron chi connectivity index (χ4n) is 2.73. The van der Waals surface area contributed by atoms with Gasteiger partial charge in [-0.3, -0.25) is 0 Å². The van der Waals surface area contributed by atoms with Crippen LogP contribution in [0, 0.1) is 0 Å². The first-order valence-corrected chi connectivity index (χ1v) is 8.85. The van der Waals surface area contributed by atoms with Crippen molar-refractivity contribution in [2.75, 3.05) is 25.0 Å². The molecule has 0 aliphatic heterocycles. The quantitative estimate of drug-likeness (QED) is 0.689. The Bertz CT molecular complexity index is 713. The van der Waals surface area contributed by atoms with E-state index in [1.54, 1.807) is 18.2 Å². The fraction of sp³-hybridized carbons (Fsp3) is 0.350. The molecule has 0 aromatic heterocycles. The number of para-hydroxylation sites is 2. The van der Waals surface area contributed by atoms with Gasteiger partial charge in [-0.25, -0.2) is 4.79 Å². The van der Waals surface area contributed by atoms with Gasteiger partial charge in [0.2, 0.25) is 0 Å². The van der Waals surface area contributed by atoms with E-state index in [-0.39, 0.29) is 11.8 Å². The summed E-state index contributed by atoms with van der Waals surface area (Å²) >= 11 is 0. The number of nitrogens with zero attached hydrogens (tertiary/aromatic N) is 1. The molecule has 0 aliphatic rings. The largest absolute Gasteiger partial charge is 0.434 e. The number of carbonyl (C=O) groups excluding carboxylic acids is 1. The van der Waals surface area contributed by atoms with Crippen LogP contribution in [-0.2, 0) is 0 Å². The van der Waals surface area contributed by atoms with Crippen LogP contribution in [0.25, 0.3) is 0 Å². The summed E-state index contributed by atoms with van der Waals surface area (Å²) in [7, 11) is 1.95. The van der Waals surface area contributed by atoms with Crippen molar-refractivity contribution in [1.82, 2.24) is 10.6 Å². The highest BCUT2D eigenvalue weighted by Gasteiger charge is 2.18. The minimum atomic E-state index is -2.91. The molecule has 2 amide bonds. The molecule has 0 aliphatic carbocycles. The summed E-state index contributed by atoms with van der Waals surface area (Å²) in [5.74, 6) is 0.0726. The number of amides is 2. The van der Waals surface area contributed by atoms with Gasteiger partial charge < -0.3 is 20.3 Å². The SMILES string of the molecule is CCC(NC(=O)NCCN(C)c1ccccc1)c1ccccc1OC(F)F. The van der Waals surface area contributed by atoms with Gasteiger partial charge in [0.25, 0.3) is 0 Å². The van der Waals surface area contributed by atoms with Crippen LogP contribution in [0.3, 0.4) is 0 Å². The molecule has 5 nitrogen and oxygen atoms in total. The molecule has 0 saturated heterocycles. The van der Waals surface area contributed by atoms with Crippen LogP contribution in [0.1, 0.15) is 24.9 Å². The predicted molar refractivity (Wildman–Crippen MR) is 102 cm³/mol. The number of ether oxygens (including phenoxy) is 1. The number of rotatable bonds is 9. The Labute approximate surface area is 158 Å². The van der Waals surface area contributed by atoms with Crippen molar-refractivity contribution in [3.05, 3.63) is 60.2 Å². The van der Waals surface area contributed by atoms with E-state index in [2.05, 4.69) is 15.4 Å². The van der Waals surface area contributed by atoms with Gasteiger partial charge >= 0.3 is 12.6 Å². The number of hydrogen-bond acceptors (Lipinski definition) is 3. The molecule has 0 fully saturated rings. The number of benzene rings is 2. The highest BCUT2D eigenvalue weighted by atomic mass is 19.3. The summed E-state index contributed by atoms with van der Waals surface area (Å²) in [6.07, 6.45) is 0.543. The third-order valence-electron chi connectivity index (χ3n) is 4.15. The van der Waals surface area contributed by atoms with Crippen molar-refractivity contribution in [2.45, 2.75) is 26.0 Å². The molecule has 0 radical (unpaired) electrons. The number of likely N-dealkylation sites (N-methyl/N-ethyl adjacent to an activating group) is 1. The van der Waals surface area contributed by atoms with E-state index in [1.807, 2.05) is 49.2 Å².